The fraction of sp³-hybridized carbons (Fsp3) is 0. The topological polar surface area (TPSA) is 771 Å². The molecule has 4 aromatic heterocycles. The van der Waals surface area contributed by atoms with Crippen LogP contribution in [0.5, 0.6) is 0 Å². The molecule has 111 heavy (non-hydrogen) atoms. The molecule has 0 aliphatic carbocycles. The predicted molar refractivity (Wildman–Crippen MR) is 418 cm³/mol. The molecule has 13 aromatic rings. The zero-order valence-corrected chi connectivity index (χ0v) is 57.3. The third-order valence-corrected chi connectivity index (χ3v) is 15.0. The average molecular weight is 1500 g/mol. The molecule has 41 nitrogen and oxygen atoms in total. The Labute approximate surface area is 622 Å². The number of nitrogens with zero attached hydrogens (tertiary/aromatic N) is 13. The second kappa shape index (κ2) is 34.8. The van der Waals surface area contributed by atoms with Crippen LogP contribution in [0.4, 0.5) is 91.5 Å². The highest BCUT2D eigenvalue weighted by Crippen LogP contribution is 2.33. The summed E-state index contributed by atoms with van der Waals surface area (Å²) in [6.07, 6.45) is 0. The predicted octanol–water partition coefficient (Wildman–Crippen LogP) is 5.50. The Kier molecular flexibility index (Phi) is 24.9. The van der Waals surface area contributed by atoms with Gasteiger partial charge in [0.1, 0.15) is 11.4 Å². The first-order valence-corrected chi connectivity index (χ1v) is 31.3. The maximum absolute atomic E-state index is 12.5. The lowest BCUT2D eigenvalue weighted by molar-refractivity contribution is 0.0910. The van der Waals surface area contributed by atoms with Crippen molar-refractivity contribution in [3.63, 3.8) is 0 Å². The van der Waals surface area contributed by atoms with Crippen molar-refractivity contribution >= 4 is 183 Å². The van der Waals surface area contributed by atoms with E-state index in [2.05, 4.69) is 50.2 Å². The molecule has 8 amide bonds. The number of benzene rings is 9. The standard InChI is InChI=1S/2C17H11N5O3.2C9H9N5O.2C6H7N3O.C6H8N2.HNO2/c2*18-14-13(15(19)23)20-11-6-5-8(7-12(11)21-14)22-16(24)9-3-1-2-4-10(9)17(22)25;2*10-4-1-2-5-6(3-4)14-8(11)7(13-5)9(12)15;2*7-4-1-2-6(9-10)5(8)3-4;7-5-2-1-3-6(8)4-5;2-1-3/h2*1-7H,(H2,18,21)(H2,19,23);2*1-3H,10H2,(H2,11,14)(H2,12,15);2*1-3H,7-8H2;1-4H,7-8H2;(H,2,3). The number of amides is 8. The summed E-state index contributed by atoms with van der Waals surface area (Å²) in [4.78, 5) is 157. The lowest BCUT2D eigenvalue weighted by Gasteiger charge is -2.14. The maximum Gasteiger partial charge on any atom is 0.271 e. The fourth-order valence-corrected chi connectivity index (χ4v) is 10.0. The molecule has 0 fully saturated rings. The largest absolute Gasteiger partial charge is 0.399 e. The number of nitrogen functional groups attached to an aromatic ring is 12. The molecule has 9 aromatic carbocycles. The van der Waals surface area contributed by atoms with E-state index < -0.39 is 47.3 Å². The molecule has 0 bridgehead atoms. The van der Waals surface area contributed by atoms with Crippen LogP contribution in [0.25, 0.3) is 44.1 Å². The molecular formula is C70H63N29O12. The molecule has 15 rings (SSSR count). The minimum atomic E-state index is -0.781. The number of nitroso groups, excluding NO2 is 2. The number of carbonyl (C=O) groups excluding carboxylic acids is 8. The fourth-order valence-electron chi connectivity index (χ4n) is 10.0. The summed E-state index contributed by atoms with van der Waals surface area (Å²) in [5, 5.41) is 13.3. The van der Waals surface area contributed by atoms with Crippen molar-refractivity contribution in [1.29, 1.82) is 0 Å². The van der Waals surface area contributed by atoms with E-state index in [-0.39, 0.29) is 57.4 Å². The monoisotopic (exact) mass is 1500 g/mol. The first kappa shape index (κ1) is 79.4. The lowest BCUT2D eigenvalue weighted by Crippen LogP contribution is -2.29. The highest BCUT2D eigenvalue weighted by molar-refractivity contribution is 6.35. The summed E-state index contributed by atoms with van der Waals surface area (Å²) in [5.41, 5.74) is 96.4. The lowest BCUT2D eigenvalue weighted by atomic mass is 10.1. The summed E-state index contributed by atoms with van der Waals surface area (Å²) < 4.78 is 0. The van der Waals surface area contributed by atoms with Gasteiger partial charge in [-0.3, -0.25) is 38.4 Å². The second-order valence-electron chi connectivity index (χ2n) is 22.7. The number of aromatic nitrogens is 8. The van der Waals surface area contributed by atoms with Gasteiger partial charge in [-0.25, -0.2) is 49.7 Å². The van der Waals surface area contributed by atoms with Gasteiger partial charge >= 0.3 is 0 Å². The van der Waals surface area contributed by atoms with E-state index in [9.17, 15) is 48.2 Å². The Hall–Kier alpha value is -17.3. The quantitative estimate of drug-likeness (QED) is 0.0386. The zero-order valence-electron chi connectivity index (χ0n) is 57.3. The highest BCUT2D eigenvalue weighted by atomic mass is 16.6. The van der Waals surface area contributed by atoms with Crippen molar-refractivity contribution in [3.05, 3.63) is 242 Å². The smallest absolute Gasteiger partial charge is 0.271 e. The summed E-state index contributed by atoms with van der Waals surface area (Å²) in [7, 11) is 0. The van der Waals surface area contributed by atoms with E-state index in [1.807, 2.05) is 6.07 Å². The number of hydrogen-bond donors (Lipinski definition) is 17. The van der Waals surface area contributed by atoms with Crippen LogP contribution in [0, 0.1) is 14.7 Å². The summed E-state index contributed by atoms with van der Waals surface area (Å²) >= 11 is 0. The van der Waals surface area contributed by atoms with Crippen LogP contribution in [0.15, 0.2) is 198 Å². The molecule has 0 spiro atoms. The second-order valence-corrected chi connectivity index (χ2v) is 22.7. The molecule has 0 atom stereocenters. The number of anilines is 14. The van der Waals surface area contributed by atoms with Crippen LogP contribution in [0.2, 0.25) is 0 Å². The number of imide groups is 2. The van der Waals surface area contributed by atoms with Crippen molar-refractivity contribution in [2.24, 2.45) is 38.6 Å². The van der Waals surface area contributed by atoms with Gasteiger partial charge in [-0.05, 0) is 162 Å². The first-order chi connectivity index (χ1) is 52.8. The number of nitrogens with two attached hydrogens (primary N) is 16. The zero-order chi connectivity index (χ0) is 81.2. The van der Waals surface area contributed by atoms with Crippen molar-refractivity contribution in [1.82, 2.24) is 39.9 Å². The number of hydrogen-bond acceptors (Lipinski definition) is 34. The van der Waals surface area contributed by atoms with Gasteiger partial charge in [-0.2, -0.15) is 0 Å². The Morgan fingerprint density at radius 1 is 0.288 bits per heavy atom. The van der Waals surface area contributed by atoms with Crippen molar-refractivity contribution in [3.8, 4) is 0 Å². The molecule has 33 N–H and O–H groups in total. The molecule has 2 aliphatic rings. The van der Waals surface area contributed by atoms with Crippen molar-refractivity contribution in [2.75, 3.05) is 78.6 Å². The Morgan fingerprint density at radius 2 is 0.532 bits per heavy atom. The maximum atomic E-state index is 12.5. The number of carbonyl (C=O) groups is 8. The van der Waals surface area contributed by atoms with Gasteiger partial charge in [0.25, 0.3) is 47.3 Å². The molecule has 41 heteroatoms. The molecule has 560 valence electrons. The van der Waals surface area contributed by atoms with Crippen molar-refractivity contribution < 1.29 is 43.6 Å². The molecular weight excluding hydrogens is 1440 g/mol. The van der Waals surface area contributed by atoms with Crippen LogP contribution in [0.1, 0.15) is 83.4 Å². The summed E-state index contributed by atoms with van der Waals surface area (Å²) in [6.45, 7) is 0. The van der Waals surface area contributed by atoms with Crippen LogP contribution in [-0.4, -0.2) is 92.3 Å². The third-order valence-electron chi connectivity index (χ3n) is 15.0. The van der Waals surface area contributed by atoms with Crippen LogP contribution in [0.3, 0.4) is 0 Å². The van der Waals surface area contributed by atoms with Gasteiger partial charge in [0, 0.05) is 34.1 Å². The summed E-state index contributed by atoms with van der Waals surface area (Å²) in [5.74, 6) is -4.78. The van der Waals surface area contributed by atoms with Gasteiger partial charge in [0.15, 0.2) is 51.4 Å². The SMILES string of the molecule is NC(=O)c1nc2ccc(N)cc2nc1N.NC(=O)c1nc2ccc(N)cc2nc1N.NC(=O)c1nc2ccc(N3C(=O)c4ccccc4C3=O)cc2nc1N.NC(=O)c1nc2ccc(N3C(=O)c4ccccc4C3=O)cc2nc1N.Nc1ccc(N=O)c(N)c1.Nc1ccc(N=O)c(N)c1.Nc1cccc(N)c1.O=NO. The van der Waals surface area contributed by atoms with Gasteiger partial charge in [0.2, 0.25) is 0 Å². The van der Waals surface area contributed by atoms with Gasteiger partial charge in [0.05, 0.1) is 89.1 Å². The molecule has 0 saturated heterocycles. The molecule has 0 radical (unpaired) electrons. The third kappa shape index (κ3) is 18.9. The Balaban J connectivity index is 0.000000168. The van der Waals surface area contributed by atoms with E-state index in [0.717, 1.165) is 9.80 Å². The van der Waals surface area contributed by atoms with Crippen molar-refractivity contribution in [2.45, 2.75) is 0 Å². The van der Waals surface area contributed by atoms with E-state index in [4.69, 9.17) is 102 Å². The first-order valence-electron chi connectivity index (χ1n) is 31.3. The van der Waals surface area contributed by atoms with Gasteiger partial charge < -0.3 is 96.9 Å². The minimum absolute atomic E-state index is 0.0144. The minimum Gasteiger partial charge on any atom is -0.399 e. The highest BCUT2D eigenvalue weighted by Gasteiger charge is 2.38. The van der Waals surface area contributed by atoms with Crippen LogP contribution >= 0.6 is 0 Å². The van der Waals surface area contributed by atoms with Crippen LogP contribution < -0.4 is 102 Å². The number of fused-ring (bicyclic) bond motifs is 6. The molecule has 0 saturated carbocycles. The molecule has 0 unspecified atom stereocenters. The molecule has 6 heterocycles. The average Bonchev–Trinajstić information content (AvgIpc) is 1.63. The Morgan fingerprint density at radius 3 is 0.775 bits per heavy atom. The van der Waals surface area contributed by atoms with Gasteiger partial charge in [-0.15, -0.1) is 14.7 Å². The van der Waals surface area contributed by atoms with E-state index in [0.29, 0.717) is 123 Å². The summed E-state index contributed by atoms with van der Waals surface area (Å²) in [6, 6.07) is 48.6. The Bertz CT molecular complexity index is 5490. The van der Waals surface area contributed by atoms with Gasteiger partial charge in [-0.1, -0.05) is 30.3 Å². The molecule has 2 aliphatic heterocycles. The van der Waals surface area contributed by atoms with E-state index >= 15 is 0 Å². The number of rotatable bonds is 8. The normalized spacial score (nSPS) is 11.2. The van der Waals surface area contributed by atoms with Crippen LogP contribution in [-0.2, 0) is 0 Å². The number of primary amides is 4. The van der Waals surface area contributed by atoms with E-state index in [1.165, 1.54) is 41.7 Å². The van der Waals surface area contributed by atoms with E-state index in [1.54, 1.807) is 140 Å².